The molecule has 0 atom stereocenters. The Kier molecular flexibility index (Phi) is 6.16. The average Bonchev–Trinajstić information content (AvgIpc) is 2.60. The molecule has 1 heterocycles. The van der Waals surface area contributed by atoms with Gasteiger partial charge in [0.25, 0.3) is 5.56 Å². The summed E-state index contributed by atoms with van der Waals surface area (Å²) in [7, 11) is 2.94. The molecule has 0 spiro atoms. The van der Waals surface area contributed by atoms with E-state index in [9.17, 15) is 14.4 Å². The van der Waals surface area contributed by atoms with Crippen LogP contribution in [-0.4, -0.2) is 28.2 Å². The Morgan fingerprint density at radius 1 is 1.19 bits per heavy atom. The maximum atomic E-state index is 12.0. The van der Waals surface area contributed by atoms with Gasteiger partial charge in [0.2, 0.25) is 5.91 Å². The van der Waals surface area contributed by atoms with E-state index in [1.165, 1.54) is 30.0 Å². The van der Waals surface area contributed by atoms with Crippen molar-refractivity contribution in [3.05, 3.63) is 68.0 Å². The fourth-order valence-corrected chi connectivity index (χ4v) is 2.53. The number of hydrogen-bond donors (Lipinski definition) is 1. The molecule has 0 fully saturated rings. The topological polar surface area (TPSA) is 82.3 Å². The highest BCUT2D eigenvalue weighted by Crippen LogP contribution is 2.21. The fourth-order valence-electron chi connectivity index (χ4n) is 2.53. The predicted molar refractivity (Wildman–Crippen MR) is 100 cm³/mol. The van der Waals surface area contributed by atoms with Gasteiger partial charge < -0.3 is 14.6 Å². The van der Waals surface area contributed by atoms with Crippen LogP contribution < -0.4 is 21.3 Å². The maximum absolute atomic E-state index is 12.0. The monoisotopic (exact) mass is 357 g/mol. The van der Waals surface area contributed by atoms with Gasteiger partial charge in [-0.25, -0.2) is 4.79 Å². The van der Waals surface area contributed by atoms with Crippen LogP contribution in [0.2, 0.25) is 0 Å². The molecule has 0 saturated heterocycles. The molecule has 7 heteroatoms. The van der Waals surface area contributed by atoms with Crippen LogP contribution >= 0.6 is 0 Å². The highest BCUT2D eigenvalue weighted by atomic mass is 16.5. The van der Waals surface area contributed by atoms with Gasteiger partial charge in [0, 0.05) is 26.4 Å². The van der Waals surface area contributed by atoms with E-state index in [0.29, 0.717) is 13.2 Å². The molecule has 26 heavy (non-hydrogen) atoms. The van der Waals surface area contributed by atoms with Crippen LogP contribution in [-0.2, 0) is 18.9 Å². The molecular weight excluding hydrogens is 334 g/mol. The quantitative estimate of drug-likeness (QED) is 0.615. The Labute approximate surface area is 151 Å². The Morgan fingerprint density at radius 2 is 1.85 bits per heavy atom. The highest BCUT2D eigenvalue weighted by Gasteiger charge is 2.05. The smallest absolute Gasteiger partial charge is 0.330 e. The number of amides is 1. The van der Waals surface area contributed by atoms with Crippen molar-refractivity contribution in [3.8, 4) is 5.75 Å². The van der Waals surface area contributed by atoms with Gasteiger partial charge >= 0.3 is 5.69 Å². The molecule has 138 valence electrons. The summed E-state index contributed by atoms with van der Waals surface area (Å²) >= 11 is 0. The molecule has 0 saturated carbocycles. The average molecular weight is 357 g/mol. The first-order chi connectivity index (χ1) is 12.3. The Balaban J connectivity index is 1.91. The van der Waals surface area contributed by atoms with Crippen molar-refractivity contribution in [2.45, 2.75) is 13.8 Å². The lowest BCUT2D eigenvalue weighted by Crippen LogP contribution is -2.37. The van der Waals surface area contributed by atoms with Gasteiger partial charge in [-0.2, -0.15) is 0 Å². The van der Waals surface area contributed by atoms with E-state index in [1.807, 2.05) is 32.0 Å². The van der Waals surface area contributed by atoms with Gasteiger partial charge in [-0.3, -0.25) is 14.2 Å². The first kappa shape index (κ1) is 19.2. The van der Waals surface area contributed by atoms with Crippen molar-refractivity contribution in [3.63, 3.8) is 0 Å². The molecule has 0 aliphatic rings. The van der Waals surface area contributed by atoms with Gasteiger partial charge in [-0.15, -0.1) is 0 Å². The summed E-state index contributed by atoms with van der Waals surface area (Å²) < 4.78 is 8.00. The van der Waals surface area contributed by atoms with Gasteiger partial charge in [0.1, 0.15) is 12.4 Å². The van der Waals surface area contributed by atoms with E-state index >= 15 is 0 Å². The Bertz CT molecular complexity index is 934. The fraction of sp³-hybridized carbons (Fsp3) is 0.316. The molecule has 1 amide bonds. The molecule has 0 aliphatic heterocycles. The van der Waals surface area contributed by atoms with Crippen molar-refractivity contribution in [2.24, 2.45) is 14.1 Å². The molecule has 1 N–H and O–H groups in total. The molecule has 0 unspecified atom stereocenters. The number of carbonyl (C=O) groups excluding carboxylic acids is 1. The first-order valence-electron chi connectivity index (χ1n) is 8.23. The van der Waals surface area contributed by atoms with Crippen molar-refractivity contribution in [1.29, 1.82) is 0 Å². The second kappa shape index (κ2) is 8.33. The Hall–Kier alpha value is -3.09. The minimum absolute atomic E-state index is 0.261. The third-order valence-corrected chi connectivity index (χ3v) is 3.94. The van der Waals surface area contributed by atoms with E-state index in [0.717, 1.165) is 21.4 Å². The van der Waals surface area contributed by atoms with Gasteiger partial charge in [-0.1, -0.05) is 18.2 Å². The first-order valence-corrected chi connectivity index (χ1v) is 8.23. The van der Waals surface area contributed by atoms with E-state index in [-0.39, 0.29) is 11.5 Å². The molecule has 0 radical (unpaired) electrons. The zero-order chi connectivity index (χ0) is 19.3. The van der Waals surface area contributed by atoms with Crippen molar-refractivity contribution in [1.82, 2.24) is 14.5 Å². The second-order valence-corrected chi connectivity index (χ2v) is 6.04. The molecule has 0 bridgehead atoms. The van der Waals surface area contributed by atoms with E-state index in [1.54, 1.807) is 7.05 Å². The van der Waals surface area contributed by atoms with E-state index in [2.05, 4.69) is 5.32 Å². The van der Waals surface area contributed by atoms with Gasteiger partial charge in [0.15, 0.2) is 0 Å². The molecular formula is C19H23N3O4. The van der Waals surface area contributed by atoms with Crippen LogP contribution in [0.3, 0.4) is 0 Å². The highest BCUT2D eigenvalue weighted by molar-refractivity contribution is 5.91. The number of carbonyl (C=O) groups is 1. The molecule has 0 aliphatic carbocycles. The summed E-state index contributed by atoms with van der Waals surface area (Å²) in [6.07, 6.45) is 4.06. The van der Waals surface area contributed by atoms with Crippen molar-refractivity contribution >= 4 is 12.0 Å². The lowest BCUT2D eigenvalue weighted by atomic mass is 10.1. The number of hydrogen-bond acceptors (Lipinski definition) is 4. The van der Waals surface area contributed by atoms with Crippen LogP contribution in [0, 0.1) is 13.8 Å². The van der Waals surface area contributed by atoms with E-state index in [4.69, 9.17) is 4.74 Å². The number of aromatic nitrogens is 2. The van der Waals surface area contributed by atoms with Crippen molar-refractivity contribution in [2.75, 3.05) is 13.2 Å². The number of rotatable bonds is 6. The summed E-state index contributed by atoms with van der Waals surface area (Å²) in [5.41, 5.74) is 1.48. The summed E-state index contributed by atoms with van der Waals surface area (Å²) in [6.45, 7) is 4.61. The number of nitrogens with one attached hydrogen (secondary N) is 1. The largest absolute Gasteiger partial charge is 0.491 e. The third-order valence-electron chi connectivity index (χ3n) is 3.94. The second-order valence-electron chi connectivity index (χ2n) is 6.04. The van der Waals surface area contributed by atoms with Crippen LogP contribution in [0.15, 0.2) is 40.1 Å². The summed E-state index contributed by atoms with van der Waals surface area (Å²) in [5, 5.41) is 2.69. The Morgan fingerprint density at radius 3 is 2.50 bits per heavy atom. The van der Waals surface area contributed by atoms with E-state index < -0.39 is 11.2 Å². The van der Waals surface area contributed by atoms with Crippen LogP contribution in [0.1, 0.15) is 16.7 Å². The molecule has 1 aromatic carbocycles. The molecule has 7 nitrogen and oxygen atoms in total. The van der Waals surface area contributed by atoms with Crippen molar-refractivity contribution < 1.29 is 9.53 Å². The SMILES string of the molecule is Cc1cccc(C)c1OCCNC(=O)/C=C/c1cn(C)c(=O)n(C)c1=O. The summed E-state index contributed by atoms with van der Waals surface area (Å²) in [6, 6.07) is 5.91. The lowest BCUT2D eigenvalue weighted by Gasteiger charge is -2.11. The minimum atomic E-state index is -0.449. The molecule has 2 aromatic rings. The lowest BCUT2D eigenvalue weighted by molar-refractivity contribution is -0.116. The third kappa shape index (κ3) is 4.50. The summed E-state index contributed by atoms with van der Waals surface area (Å²) in [4.78, 5) is 35.5. The molecule has 1 aromatic heterocycles. The number of para-hydroxylation sites is 1. The maximum Gasteiger partial charge on any atom is 0.330 e. The van der Waals surface area contributed by atoms with Gasteiger partial charge in [0.05, 0.1) is 12.1 Å². The number of aryl methyl sites for hydroxylation is 3. The number of nitrogens with zero attached hydrogens (tertiary/aromatic N) is 2. The molecule has 2 rings (SSSR count). The van der Waals surface area contributed by atoms with Gasteiger partial charge in [-0.05, 0) is 31.1 Å². The van der Waals surface area contributed by atoms with Crippen LogP contribution in [0.4, 0.5) is 0 Å². The zero-order valence-corrected chi connectivity index (χ0v) is 15.4. The summed E-state index contributed by atoms with van der Waals surface area (Å²) in [5.74, 6) is 0.483. The predicted octanol–water partition coefficient (Wildman–Crippen LogP) is 0.909. The normalized spacial score (nSPS) is 10.9. The van der Waals surface area contributed by atoms with Crippen LogP contribution in [0.5, 0.6) is 5.75 Å². The minimum Gasteiger partial charge on any atom is -0.491 e. The zero-order valence-electron chi connectivity index (χ0n) is 15.4. The van der Waals surface area contributed by atoms with Crippen LogP contribution in [0.25, 0.3) is 6.08 Å². The number of ether oxygens (including phenoxy) is 1. The number of benzene rings is 1. The standard InChI is InChI=1S/C19H23N3O4/c1-13-6-5-7-14(2)17(13)26-11-10-20-16(23)9-8-15-12-21(3)19(25)22(4)18(15)24/h5-9,12H,10-11H2,1-4H3,(H,20,23)/b9-8+.